The molecule has 0 aromatic carbocycles. The van der Waals surface area contributed by atoms with Crippen LogP contribution in [0.4, 0.5) is 0 Å². The Labute approximate surface area is 192 Å². The average molecular weight is 448 g/mol. The number of hydrogen-bond donors (Lipinski definition) is 1. The number of carbonyl (C=O) groups is 2. The van der Waals surface area contributed by atoms with Crippen LogP contribution in [-0.2, 0) is 9.59 Å². The largest absolute Gasteiger partial charge is 0.468 e. The van der Waals surface area contributed by atoms with Crippen molar-refractivity contribution in [3.05, 3.63) is 24.2 Å². The molecule has 2 fully saturated rings. The lowest BCUT2D eigenvalue weighted by molar-refractivity contribution is -0.133. The molecule has 1 atom stereocenters. The number of amides is 2. The van der Waals surface area contributed by atoms with E-state index < -0.39 is 0 Å². The predicted molar refractivity (Wildman–Crippen MR) is 125 cm³/mol. The van der Waals surface area contributed by atoms with Crippen molar-refractivity contribution in [2.75, 3.05) is 72.0 Å². The summed E-state index contributed by atoms with van der Waals surface area (Å²) >= 11 is 0. The number of nitrogens with zero attached hydrogens (tertiary/aromatic N) is 4. The third-order valence-corrected chi connectivity index (χ3v) is 6.77. The Bertz CT molecular complexity index is 676. The average Bonchev–Trinajstić information content (AvgIpc) is 3.19. The molecule has 0 aliphatic carbocycles. The second kappa shape index (κ2) is 13.0. The maximum absolute atomic E-state index is 12.6. The number of piperazine rings is 1. The van der Waals surface area contributed by atoms with E-state index in [2.05, 4.69) is 33.9 Å². The number of nitrogens with one attached hydrogen (secondary N) is 1. The summed E-state index contributed by atoms with van der Waals surface area (Å²) in [7, 11) is 0. The molecule has 3 heterocycles. The van der Waals surface area contributed by atoms with Gasteiger partial charge >= 0.3 is 0 Å². The number of rotatable bonds is 10. The summed E-state index contributed by atoms with van der Waals surface area (Å²) in [6.45, 7) is 12.6. The first kappa shape index (κ1) is 24.7. The van der Waals surface area contributed by atoms with E-state index in [1.807, 2.05) is 17.0 Å². The smallest absolute Gasteiger partial charge is 0.236 e. The molecule has 8 heteroatoms. The van der Waals surface area contributed by atoms with Crippen LogP contribution in [0.5, 0.6) is 0 Å². The van der Waals surface area contributed by atoms with Crippen molar-refractivity contribution in [3.63, 3.8) is 0 Å². The lowest BCUT2D eigenvalue weighted by atomic mass is 10.2. The van der Waals surface area contributed by atoms with Crippen LogP contribution < -0.4 is 5.32 Å². The number of carbonyl (C=O) groups excluding carboxylic acids is 2. The van der Waals surface area contributed by atoms with Gasteiger partial charge in [0, 0.05) is 45.8 Å². The molecule has 2 aliphatic heterocycles. The standard InChI is InChI=1S/C24H41N5O3/c1-3-28(4-2)21(22-10-9-17-32-22)18-25-23(30)19-26-13-15-27(16-14-26)20-24(31)29-11-7-5-6-8-12-29/h9-10,17,21H,3-8,11-16,18-20H2,1-2H3,(H,25,30). The van der Waals surface area contributed by atoms with Crippen LogP contribution in [0.1, 0.15) is 51.3 Å². The van der Waals surface area contributed by atoms with Crippen molar-refractivity contribution in [2.24, 2.45) is 0 Å². The summed E-state index contributed by atoms with van der Waals surface area (Å²) < 4.78 is 5.62. The topological polar surface area (TPSA) is 72.3 Å². The fourth-order valence-electron chi connectivity index (χ4n) is 4.74. The summed E-state index contributed by atoms with van der Waals surface area (Å²) in [5.41, 5.74) is 0. The molecular weight excluding hydrogens is 406 g/mol. The van der Waals surface area contributed by atoms with Gasteiger partial charge in [0.2, 0.25) is 11.8 Å². The minimum atomic E-state index is 0.0443. The second-order valence-corrected chi connectivity index (χ2v) is 8.90. The van der Waals surface area contributed by atoms with Gasteiger partial charge < -0.3 is 14.6 Å². The lowest BCUT2D eigenvalue weighted by Gasteiger charge is -2.35. The molecule has 0 radical (unpaired) electrons. The number of hydrogen-bond acceptors (Lipinski definition) is 6. The first-order valence-electron chi connectivity index (χ1n) is 12.4. The molecule has 2 saturated heterocycles. The van der Waals surface area contributed by atoms with Gasteiger partial charge in [0.05, 0.1) is 25.4 Å². The molecule has 8 nitrogen and oxygen atoms in total. The zero-order valence-electron chi connectivity index (χ0n) is 19.9. The molecule has 180 valence electrons. The summed E-state index contributed by atoms with van der Waals surface area (Å²) in [4.78, 5) is 34.0. The lowest BCUT2D eigenvalue weighted by Crippen LogP contribution is -2.52. The van der Waals surface area contributed by atoms with E-state index in [9.17, 15) is 9.59 Å². The molecule has 2 aliphatic rings. The van der Waals surface area contributed by atoms with E-state index in [0.29, 0.717) is 19.6 Å². The van der Waals surface area contributed by atoms with Gasteiger partial charge in [0.25, 0.3) is 0 Å². The highest BCUT2D eigenvalue weighted by Gasteiger charge is 2.25. The van der Waals surface area contributed by atoms with Crippen LogP contribution in [0.2, 0.25) is 0 Å². The molecule has 1 N–H and O–H groups in total. The van der Waals surface area contributed by atoms with Crippen LogP contribution in [0.25, 0.3) is 0 Å². The van der Waals surface area contributed by atoms with E-state index >= 15 is 0 Å². The Morgan fingerprint density at radius 1 is 0.969 bits per heavy atom. The summed E-state index contributed by atoms with van der Waals surface area (Å²) in [5, 5.41) is 3.10. The zero-order chi connectivity index (χ0) is 22.8. The third-order valence-electron chi connectivity index (χ3n) is 6.77. The fraction of sp³-hybridized carbons (Fsp3) is 0.750. The Balaban J connectivity index is 1.38. The summed E-state index contributed by atoms with van der Waals surface area (Å²) in [5.74, 6) is 1.19. The van der Waals surface area contributed by atoms with Crippen molar-refractivity contribution in [2.45, 2.75) is 45.6 Å². The van der Waals surface area contributed by atoms with Gasteiger partial charge in [0.1, 0.15) is 5.76 Å². The van der Waals surface area contributed by atoms with Gasteiger partial charge in [-0.05, 0) is 38.1 Å². The van der Waals surface area contributed by atoms with E-state index in [0.717, 1.165) is 71.0 Å². The van der Waals surface area contributed by atoms with E-state index in [-0.39, 0.29) is 17.9 Å². The maximum atomic E-state index is 12.6. The number of furan rings is 1. The maximum Gasteiger partial charge on any atom is 0.236 e. The molecule has 0 bridgehead atoms. The van der Waals surface area contributed by atoms with E-state index in [1.165, 1.54) is 12.8 Å². The molecule has 3 rings (SSSR count). The van der Waals surface area contributed by atoms with Gasteiger partial charge in [-0.3, -0.25) is 24.3 Å². The molecule has 1 aromatic rings. The molecule has 32 heavy (non-hydrogen) atoms. The molecule has 1 aromatic heterocycles. The van der Waals surface area contributed by atoms with E-state index in [1.54, 1.807) is 6.26 Å². The van der Waals surface area contributed by atoms with Gasteiger partial charge in [-0.1, -0.05) is 26.7 Å². The van der Waals surface area contributed by atoms with Crippen molar-refractivity contribution in [3.8, 4) is 0 Å². The van der Waals surface area contributed by atoms with Crippen LogP contribution >= 0.6 is 0 Å². The predicted octanol–water partition coefficient (Wildman–Crippen LogP) is 1.80. The van der Waals surface area contributed by atoms with Crippen LogP contribution in [0.15, 0.2) is 22.8 Å². The van der Waals surface area contributed by atoms with Gasteiger partial charge in [-0.2, -0.15) is 0 Å². The SMILES string of the molecule is CCN(CC)C(CNC(=O)CN1CCN(CC(=O)N2CCCCCC2)CC1)c1ccco1. The monoisotopic (exact) mass is 447 g/mol. The first-order chi connectivity index (χ1) is 15.6. The van der Waals surface area contributed by atoms with Crippen molar-refractivity contribution in [1.29, 1.82) is 0 Å². The third kappa shape index (κ3) is 7.32. The minimum Gasteiger partial charge on any atom is -0.468 e. The first-order valence-corrected chi connectivity index (χ1v) is 12.4. The van der Waals surface area contributed by atoms with Gasteiger partial charge in [-0.25, -0.2) is 0 Å². The zero-order valence-corrected chi connectivity index (χ0v) is 19.9. The Kier molecular flexibility index (Phi) is 10.0. The highest BCUT2D eigenvalue weighted by Crippen LogP contribution is 2.20. The Hall–Kier alpha value is -1.90. The summed E-state index contributed by atoms with van der Waals surface area (Å²) in [6.07, 6.45) is 6.42. The van der Waals surface area contributed by atoms with Crippen LogP contribution in [0, 0.1) is 0 Å². The van der Waals surface area contributed by atoms with E-state index in [4.69, 9.17) is 4.42 Å². The van der Waals surface area contributed by atoms with Gasteiger partial charge in [-0.15, -0.1) is 0 Å². The van der Waals surface area contributed by atoms with Crippen LogP contribution in [0.3, 0.4) is 0 Å². The van der Waals surface area contributed by atoms with Crippen molar-refractivity contribution < 1.29 is 14.0 Å². The van der Waals surface area contributed by atoms with Crippen LogP contribution in [-0.4, -0.2) is 103 Å². The van der Waals surface area contributed by atoms with Crippen molar-refractivity contribution in [1.82, 2.24) is 24.9 Å². The summed E-state index contributed by atoms with van der Waals surface area (Å²) in [6, 6.07) is 3.91. The molecule has 0 saturated carbocycles. The molecule has 1 unspecified atom stereocenters. The Morgan fingerprint density at radius 2 is 1.59 bits per heavy atom. The normalized spacial score (nSPS) is 19.7. The molecular formula is C24H41N5O3. The quantitative estimate of drug-likeness (QED) is 0.590. The Morgan fingerprint density at radius 3 is 2.16 bits per heavy atom. The number of likely N-dealkylation sites (N-methyl/N-ethyl adjacent to an activating group) is 1. The molecule has 2 amide bonds. The highest BCUT2D eigenvalue weighted by atomic mass is 16.3. The van der Waals surface area contributed by atoms with Crippen molar-refractivity contribution >= 4 is 11.8 Å². The fourth-order valence-corrected chi connectivity index (χ4v) is 4.74. The molecule has 0 spiro atoms. The second-order valence-electron chi connectivity index (χ2n) is 8.90. The number of likely N-dealkylation sites (tertiary alicyclic amines) is 1. The highest BCUT2D eigenvalue weighted by molar-refractivity contribution is 5.78. The van der Waals surface area contributed by atoms with Gasteiger partial charge in [0.15, 0.2) is 0 Å². The minimum absolute atomic E-state index is 0.0443.